The minimum Gasteiger partial charge on any atom is -0.359 e. The summed E-state index contributed by atoms with van der Waals surface area (Å²) in [6.07, 6.45) is 1.42. The Labute approximate surface area is 202 Å². The van der Waals surface area contributed by atoms with Gasteiger partial charge >= 0.3 is 6.03 Å². The lowest BCUT2D eigenvalue weighted by Gasteiger charge is -2.43. The second-order valence-corrected chi connectivity index (χ2v) is 8.79. The number of amides is 3. The van der Waals surface area contributed by atoms with Gasteiger partial charge in [-0.15, -0.1) is 0 Å². The number of carbonyl (C=O) groups excluding carboxylic acids is 2. The van der Waals surface area contributed by atoms with Crippen molar-refractivity contribution in [2.75, 3.05) is 10.2 Å². The number of aliphatic hydroxyl groups is 1. The molecule has 0 aliphatic carbocycles. The maximum absolute atomic E-state index is 13.5. The van der Waals surface area contributed by atoms with Crippen LogP contribution < -0.4 is 15.5 Å². The Kier molecular flexibility index (Phi) is 6.61. The largest absolute Gasteiger partial charge is 0.359 e. The summed E-state index contributed by atoms with van der Waals surface area (Å²) in [6, 6.07) is 20.1. The van der Waals surface area contributed by atoms with Crippen LogP contribution in [-0.4, -0.2) is 23.1 Å². The highest BCUT2D eigenvalue weighted by Gasteiger charge is 2.52. The second kappa shape index (κ2) is 9.43. The highest BCUT2D eigenvalue weighted by molar-refractivity contribution is 6.42. The Morgan fingerprint density at radius 2 is 1.76 bits per heavy atom. The number of carbonyl (C=O) groups is 2. The average Bonchev–Trinajstić information content (AvgIpc) is 2.80. The number of fused-ring (bicyclic) bond motifs is 1. The van der Waals surface area contributed by atoms with Crippen LogP contribution in [0.1, 0.15) is 24.5 Å². The molecular weight excluding hydrogens is 461 g/mol. The van der Waals surface area contributed by atoms with E-state index in [1.54, 1.807) is 24.3 Å². The van der Waals surface area contributed by atoms with Crippen LogP contribution in [0.15, 0.2) is 72.8 Å². The summed E-state index contributed by atoms with van der Waals surface area (Å²) in [5.41, 5.74) is -0.308. The van der Waals surface area contributed by atoms with Crippen molar-refractivity contribution in [2.45, 2.75) is 31.5 Å². The van der Waals surface area contributed by atoms with E-state index >= 15 is 0 Å². The lowest BCUT2D eigenvalue weighted by Crippen LogP contribution is -2.63. The zero-order valence-corrected chi connectivity index (χ0v) is 19.4. The Balaban J connectivity index is 1.66. The third kappa shape index (κ3) is 4.55. The van der Waals surface area contributed by atoms with E-state index in [0.717, 1.165) is 16.9 Å². The molecule has 0 saturated heterocycles. The average molecular weight is 484 g/mol. The Morgan fingerprint density at radius 3 is 2.48 bits per heavy atom. The smallest absolute Gasteiger partial charge is 0.329 e. The summed E-state index contributed by atoms with van der Waals surface area (Å²) < 4.78 is 0. The minimum atomic E-state index is -2.29. The van der Waals surface area contributed by atoms with Gasteiger partial charge in [-0.25, -0.2) is 4.79 Å². The zero-order chi connectivity index (χ0) is 23.6. The number of halogens is 2. The first-order valence-electron chi connectivity index (χ1n) is 10.5. The molecule has 1 aliphatic heterocycles. The van der Waals surface area contributed by atoms with E-state index in [9.17, 15) is 14.7 Å². The van der Waals surface area contributed by atoms with Gasteiger partial charge in [0.15, 0.2) is 0 Å². The van der Waals surface area contributed by atoms with Crippen molar-refractivity contribution in [2.24, 2.45) is 0 Å². The van der Waals surface area contributed by atoms with Gasteiger partial charge in [-0.3, -0.25) is 9.69 Å². The summed E-state index contributed by atoms with van der Waals surface area (Å²) in [6.45, 7) is 1.86. The molecule has 0 unspecified atom stereocenters. The van der Waals surface area contributed by atoms with Gasteiger partial charge in [-0.1, -0.05) is 71.7 Å². The fourth-order valence-electron chi connectivity index (χ4n) is 3.91. The molecule has 0 fully saturated rings. The van der Waals surface area contributed by atoms with Crippen LogP contribution in [0.4, 0.5) is 16.2 Å². The molecule has 3 amide bonds. The quantitative estimate of drug-likeness (QED) is 0.443. The van der Waals surface area contributed by atoms with Gasteiger partial charge in [0.2, 0.25) is 0 Å². The highest BCUT2D eigenvalue weighted by atomic mass is 35.5. The zero-order valence-electron chi connectivity index (χ0n) is 17.9. The Hall–Kier alpha value is -3.06. The van der Waals surface area contributed by atoms with E-state index < -0.39 is 17.7 Å². The van der Waals surface area contributed by atoms with Crippen LogP contribution in [0, 0.1) is 0 Å². The number of rotatable bonds is 6. The number of anilines is 2. The number of nitrogens with zero attached hydrogens (tertiary/aromatic N) is 1. The molecule has 33 heavy (non-hydrogen) atoms. The van der Waals surface area contributed by atoms with Crippen molar-refractivity contribution in [1.82, 2.24) is 5.32 Å². The molecule has 1 heterocycles. The van der Waals surface area contributed by atoms with Gasteiger partial charge in [0, 0.05) is 11.6 Å². The van der Waals surface area contributed by atoms with Gasteiger partial charge in [0.1, 0.15) is 0 Å². The van der Waals surface area contributed by atoms with Crippen LogP contribution in [0.5, 0.6) is 0 Å². The van der Waals surface area contributed by atoms with Crippen LogP contribution >= 0.6 is 23.2 Å². The molecule has 2 atom stereocenters. The highest BCUT2D eigenvalue weighted by Crippen LogP contribution is 2.41. The van der Waals surface area contributed by atoms with Gasteiger partial charge < -0.3 is 15.7 Å². The monoisotopic (exact) mass is 483 g/mol. The molecule has 170 valence electrons. The topological polar surface area (TPSA) is 81.7 Å². The van der Waals surface area contributed by atoms with E-state index in [2.05, 4.69) is 10.6 Å². The SMILES string of the molecule is C[C@H](CCc1ccccc1)NC(=O)[C@@]1(O)c2ccccc2NC(=O)N1c1ccc(Cl)c(Cl)c1. The third-order valence-corrected chi connectivity index (χ3v) is 6.37. The number of hydrogen-bond donors (Lipinski definition) is 3. The van der Waals surface area contributed by atoms with Crippen LogP contribution in [0.3, 0.4) is 0 Å². The molecule has 8 heteroatoms. The molecule has 0 saturated carbocycles. The lowest BCUT2D eigenvalue weighted by molar-refractivity contribution is -0.141. The molecule has 3 N–H and O–H groups in total. The molecule has 6 nitrogen and oxygen atoms in total. The van der Waals surface area contributed by atoms with Crippen molar-refractivity contribution in [3.8, 4) is 0 Å². The predicted molar refractivity (Wildman–Crippen MR) is 131 cm³/mol. The maximum atomic E-state index is 13.5. The number of nitrogens with one attached hydrogen (secondary N) is 2. The summed E-state index contributed by atoms with van der Waals surface area (Å²) >= 11 is 12.2. The summed E-state index contributed by atoms with van der Waals surface area (Å²) in [5, 5.41) is 17.9. The normalized spacial score (nSPS) is 18.3. The van der Waals surface area contributed by atoms with Crippen LogP contribution in [-0.2, 0) is 16.9 Å². The first-order valence-corrected chi connectivity index (χ1v) is 11.3. The van der Waals surface area contributed by atoms with E-state index in [-0.39, 0.29) is 22.3 Å². The molecule has 3 aromatic rings. The van der Waals surface area contributed by atoms with Gasteiger partial charge in [0.05, 0.1) is 21.4 Å². The molecule has 4 rings (SSSR count). The molecule has 1 aliphatic rings. The predicted octanol–water partition coefficient (Wildman–Crippen LogP) is 5.33. The Bertz CT molecular complexity index is 1190. The number of hydrogen-bond acceptors (Lipinski definition) is 3. The first-order chi connectivity index (χ1) is 15.8. The summed E-state index contributed by atoms with van der Waals surface area (Å²) in [4.78, 5) is 27.6. The fourth-order valence-corrected chi connectivity index (χ4v) is 4.20. The lowest BCUT2D eigenvalue weighted by atomic mass is 9.94. The van der Waals surface area contributed by atoms with Gasteiger partial charge in [-0.2, -0.15) is 0 Å². The fraction of sp³-hybridized carbons (Fsp3) is 0.200. The van der Waals surface area contributed by atoms with Crippen molar-refractivity contribution >= 4 is 46.5 Å². The number of benzene rings is 3. The van der Waals surface area contributed by atoms with E-state index in [1.165, 1.54) is 18.2 Å². The minimum absolute atomic E-state index is 0.194. The summed E-state index contributed by atoms with van der Waals surface area (Å²) in [5.74, 6) is -0.712. The van der Waals surface area contributed by atoms with E-state index in [4.69, 9.17) is 23.2 Å². The molecule has 3 aromatic carbocycles. The summed E-state index contributed by atoms with van der Waals surface area (Å²) in [7, 11) is 0. The van der Waals surface area contributed by atoms with Gasteiger partial charge in [0.25, 0.3) is 11.6 Å². The standard InChI is InChI=1S/C25H23Cl2N3O3/c1-16(11-12-17-7-3-2-4-8-17)28-23(31)25(33)19-9-5-6-10-22(19)29-24(32)30(25)18-13-14-20(26)21(27)15-18/h2-10,13-16,33H,11-12H2,1H3,(H,28,31)(H,29,32)/t16-,25+/m1/s1. The van der Waals surface area contributed by atoms with E-state index in [1.807, 2.05) is 37.3 Å². The van der Waals surface area contributed by atoms with Crippen LogP contribution in [0.2, 0.25) is 10.0 Å². The molecule has 0 spiro atoms. The number of para-hydroxylation sites is 1. The molecule has 0 radical (unpaired) electrons. The molecular formula is C25H23Cl2N3O3. The number of aryl methyl sites for hydroxylation is 1. The second-order valence-electron chi connectivity index (χ2n) is 7.98. The first kappa shape index (κ1) is 23.1. The third-order valence-electron chi connectivity index (χ3n) is 5.64. The maximum Gasteiger partial charge on any atom is 0.329 e. The van der Waals surface area contributed by atoms with Crippen molar-refractivity contribution in [1.29, 1.82) is 0 Å². The molecule has 0 aromatic heterocycles. The number of urea groups is 1. The van der Waals surface area contributed by atoms with Crippen molar-refractivity contribution in [3.63, 3.8) is 0 Å². The van der Waals surface area contributed by atoms with E-state index in [0.29, 0.717) is 17.1 Å². The van der Waals surface area contributed by atoms with Crippen molar-refractivity contribution in [3.05, 3.63) is 94.0 Å². The van der Waals surface area contributed by atoms with Gasteiger partial charge in [-0.05, 0) is 49.6 Å². The van der Waals surface area contributed by atoms with Crippen molar-refractivity contribution < 1.29 is 14.7 Å². The Morgan fingerprint density at radius 1 is 1.06 bits per heavy atom. The molecule has 0 bridgehead atoms. The van der Waals surface area contributed by atoms with Crippen LogP contribution in [0.25, 0.3) is 0 Å².